The van der Waals surface area contributed by atoms with Gasteiger partial charge in [0, 0.05) is 19.8 Å². The highest BCUT2D eigenvalue weighted by Crippen LogP contribution is 2.06. The van der Waals surface area contributed by atoms with E-state index >= 15 is 0 Å². The number of aromatic nitrogens is 2. The van der Waals surface area contributed by atoms with Gasteiger partial charge < -0.3 is 10.6 Å². The summed E-state index contributed by atoms with van der Waals surface area (Å²) in [6.07, 6.45) is 3.04. The molecule has 21 heavy (non-hydrogen) atoms. The first-order valence-electron chi connectivity index (χ1n) is 6.88. The first-order valence-corrected chi connectivity index (χ1v) is 6.88. The van der Waals surface area contributed by atoms with Crippen LogP contribution in [0.25, 0.3) is 5.69 Å². The van der Waals surface area contributed by atoms with Gasteiger partial charge in [-0.15, -0.1) is 24.0 Å². The van der Waals surface area contributed by atoms with E-state index in [1.165, 1.54) is 0 Å². The predicted octanol–water partition coefficient (Wildman–Crippen LogP) is 2.57. The van der Waals surface area contributed by atoms with Crippen LogP contribution < -0.4 is 10.6 Å². The summed E-state index contributed by atoms with van der Waals surface area (Å²) in [7, 11) is 1.77. The van der Waals surface area contributed by atoms with E-state index in [9.17, 15) is 0 Å². The molecule has 2 N–H and O–H groups in total. The molecule has 0 amide bonds. The molecule has 0 radical (unpaired) electrons. The van der Waals surface area contributed by atoms with E-state index in [0.29, 0.717) is 6.54 Å². The summed E-state index contributed by atoms with van der Waals surface area (Å²) in [6, 6.07) is 12.1. The summed E-state index contributed by atoms with van der Waals surface area (Å²) in [5.41, 5.74) is 2.04. The van der Waals surface area contributed by atoms with Crippen LogP contribution in [0, 0.1) is 0 Å². The fourth-order valence-electron chi connectivity index (χ4n) is 1.82. The highest BCUT2D eigenvalue weighted by Gasteiger charge is 2.02. The lowest BCUT2D eigenvalue weighted by Crippen LogP contribution is -2.37. The lowest BCUT2D eigenvalue weighted by molar-refractivity contribution is 0.756. The first-order chi connectivity index (χ1) is 9.83. The highest BCUT2D eigenvalue weighted by molar-refractivity contribution is 14.0. The largest absolute Gasteiger partial charge is 0.356 e. The van der Waals surface area contributed by atoms with Crippen molar-refractivity contribution in [3.05, 3.63) is 48.3 Å². The van der Waals surface area contributed by atoms with Crippen molar-refractivity contribution in [1.82, 2.24) is 20.4 Å². The average molecular weight is 399 g/mol. The molecular formula is C15H22IN5. The lowest BCUT2D eigenvalue weighted by atomic mass is 10.3. The summed E-state index contributed by atoms with van der Waals surface area (Å²) < 4.78 is 1.87. The maximum Gasteiger partial charge on any atom is 0.191 e. The molecule has 0 spiro atoms. The Hall–Kier alpha value is -1.57. The molecular weight excluding hydrogens is 377 g/mol. The Balaban J connectivity index is 0.00000220. The molecule has 2 aromatic rings. The van der Waals surface area contributed by atoms with Crippen LogP contribution in [0.4, 0.5) is 0 Å². The van der Waals surface area contributed by atoms with Crippen LogP contribution in [0.1, 0.15) is 19.0 Å². The SMILES string of the molecule is CCCNC(=NC)NCc1ccn(-c2ccccc2)n1.I. The van der Waals surface area contributed by atoms with Crippen LogP contribution >= 0.6 is 24.0 Å². The third kappa shape index (κ3) is 5.37. The molecule has 0 aliphatic rings. The zero-order valence-corrected chi connectivity index (χ0v) is 14.7. The summed E-state index contributed by atoms with van der Waals surface area (Å²) in [5, 5.41) is 11.0. The van der Waals surface area contributed by atoms with E-state index in [0.717, 1.165) is 30.3 Å². The second-order valence-electron chi connectivity index (χ2n) is 4.44. The van der Waals surface area contributed by atoms with Gasteiger partial charge >= 0.3 is 0 Å². The molecule has 6 heteroatoms. The summed E-state index contributed by atoms with van der Waals surface area (Å²) in [4.78, 5) is 4.17. The number of nitrogens with one attached hydrogen (secondary N) is 2. The van der Waals surface area contributed by atoms with Crippen molar-refractivity contribution in [3.8, 4) is 5.69 Å². The Morgan fingerprint density at radius 3 is 2.62 bits per heavy atom. The van der Waals surface area contributed by atoms with Crippen molar-refractivity contribution < 1.29 is 0 Å². The molecule has 2 rings (SSSR count). The Kier molecular flexibility index (Phi) is 7.81. The van der Waals surface area contributed by atoms with Crippen LogP contribution in [0.2, 0.25) is 0 Å². The number of hydrogen-bond acceptors (Lipinski definition) is 2. The molecule has 0 saturated carbocycles. The minimum Gasteiger partial charge on any atom is -0.356 e. The third-order valence-electron chi connectivity index (χ3n) is 2.87. The Labute approximate surface area is 142 Å². The number of benzene rings is 1. The smallest absolute Gasteiger partial charge is 0.191 e. The number of aliphatic imine (C=N–C) groups is 1. The molecule has 114 valence electrons. The zero-order valence-electron chi connectivity index (χ0n) is 12.4. The minimum absolute atomic E-state index is 0. The molecule has 0 aliphatic carbocycles. The van der Waals surface area contributed by atoms with Crippen molar-refractivity contribution in [1.29, 1.82) is 0 Å². The summed E-state index contributed by atoms with van der Waals surface area (Å²) in [6.45, 7) is 3.70. The van der Waals surface area contributed by atoms with E-state index < -0.39 is 0 Å². The van der Waals surface area contributed by atoms with Crippen LogP contribution in [0.15, 0.2) is 47.6 Å². The minimum atomic E-state index is 0. The third-order valence-corrected chi connectivity index (χ3v) is 2.87. The highest BCUT2D eigenvalue weighted by atomic mass is 127. The normalized spacial score (nSPS) is 10.9. The van der Waals surface area contributed by atoms with Gasteiger partial charge in [-0.1, -0.05) is 25.1 Å². The van der Waals surface area contributed by atoms with Gasteiger partial charge in [-0.2, -0.15) is 5.10 Å². The van der Waals surface area contributed by atoms with Crippen LogP contribution in [-0.2, 0) is 6.54 Å². The average Bonchev–Trinajstić information content (AvgIpc) is 2.97. The summed E-state index contributed by atoms with van der Waals surface area (Å²) >= 11 is 0. The Bertz CT molecular complexity index is 550. The van der Waals surface area contributed by atoms with Crippen LogP contribution in [0.5, 0.6) is 0 Å². The summed E-state index contributed by atoms with van der Waals surface area (Å²) in [5.74, 6) is 0.807. The zero-order chi connectivity index (χ0) is 14.2. The maximum absolute atomic E-state index is 4.54. The van der Waals surface area contributed by atoms with E-state index in [1.807, 2.05) is 47.3 Å². The fraction of sp³-hybridized carbons (Fsp3) is 0.333. The first kappa shape index (κ1) is 17.5. The molecule has 0 aliphatic heterocycles. The second-order valence-corrected chi connectivity index (χ2v) is 4.44. The van der Waals surface area contributed by atoms with Gasteiger partial charge in [0.2, 0.25) is 0 Å². The van der Waals surface area contributed by atoms with E-state index in [4.69, 9.17) is 0 Å². The number of para-hydroxylation sites is 1. The van der Waals surface area contributed by atoms with Gasteiger partial charge in [-0.05, 0) is 24.6 Å². The molecule has 0 fully saturated rings. The monoisotopic (exact) mass is 399 g/mol. The van der Waals surface area contributed by atoms with Crippen molar-refractivity contribution in [3.63, 3.8) is 0 Å². The topological polar surface area (TPSA) is 54.2 Å². The van der Waals surface area contributed by atoms with Crippen molar-refractivity contribution in [2.75, 3.05) is 13.6 Å². The van der Waals surface area contributed by atoms with Gasteiger partial charge in [0.25, 0.3) is 0 Å². The van der Waals surface area contributed by atoms with E-state index in [-0.39, 0.29) is 24.0 Å². The lowest BCUT2D eigenvalue weighted by Gasteiger charge is -2.09. The van der Waals surface area contributed by atoms with E-state index in [1.54, 1.807) is 7.05 Å². The van der Waals surface area contributed by atoms with Crippen molar-refractivity contribution in [2.24, 2.45) is 4.99 Å². The second kappa shape index (κ2) is 9.38. The standard InChI is InChI=1S/C15H21N5.HI/c1-3-10-17-15(16-2)18-12-13-9-11-20(19-13)14-7-5-4-6-8-14;/h4-9,11H,3,10,12H2,1-2H3,(H2,16,17,18);1H. The van der Waals surface area contributed by atoms with Gasteiger partial charge in [0.05, 0.1) is 17.9 Å². The maximum atomic E-state index is 4.54. The van der Waals surface area contributed by atoms with Gasteiger partial charge in [-0.3, -0.25) is 4.99 Å². The molecule has 1 aromatic carbocycles. The molecule has 0 atom stereocenters. The van der Waals surface area contributed by atoms with Crippen LogP contribution in [-0.4, -0.2) is 29.3 Å². The molecule has 0 saturated heterocycles. The quantitative estimate of drug-likeness (QED) is 0.462. The molecule has 5 nitrogen and oxygen atoms in total. The predicted molar refractivity (Wildman–Crippen MR) is 97.5 cm³/mol. The van der Waals surface area contributed by atoms with Crippen LogP contribution in [0.3, 0.4) is 0 Å². The van der Waals surface area contributed by atoms with Crippen molar-refractivity contribution in [2.45, 2.75) is 19.9 Å². The number of guanidine groups is 1. The molecule has 0 unspecified atom stereocenters. The number of rotatable bonds is 5. The van der Waals surface area contributed by atoms with E-state index in [2.05, 4.69) is 27.6 Å². The van der Waals surface area contributed by atoms with Crippen molar-refractivity contribution >= 4 is 29.9 Å². The number of halogens is 1. The fourth-order valence-corrected chi connectivity index (χ4v) is 1.82. The number of hydrogen-bond donors (Lipinski definition) is 2. The Morgan fingerprint density at radius 2 is 1.95 bits per heavy atom. The number of nitrogens with zero attached hydrogens (tertiary/aromatic N) is 3. The molecule has 0 bridgehead atoms. The van der Waals surface area contributed by atoms with Gasteiger partial charge in [-0.25, -0.2) is 4.68 Å². The molecule has 1 aromatic heterocycles. The van der Waals surface area contributed by atoms with Gasteiger partial charge in [0.1, 0.15) is 0 Å². The van der Waals surface area contributed by atoms with Gasteiger partial charge in [0.15, 0.2) is 5.96 Å². The Morgan fingerprint density at radius 1 is 1.19 bits per heavy atom. The molecule has 1 heterocycles.